The van der Waals surface area contributed by atoms with Crippen molar-refractivity contribution in [2.75, 3.05) is 26.7 Å². The fourth-order valence-corrected chi connectivity index (χ4v) is 3.64. The lowest BCUT2D eigenvalue weighted by Gasteiger charge is -2.38. The van der Waals surface area contributed by atoms with Crippen LogP contribution in [0.2, 0.25) is 0 Å². The van der Waals surface area contributed by atoms with Crippen LogP contribution in [0.3, 0.4) is 0 Å². The van der Waals surface area contributed by atoms with Crippen molar-refractivity contribution >= 4 is 11.9 Å². The highest BCUT2D eigenvalue weighted by Gasteiger charge is 2.25. The minimum Gasteiger partial charge on any atom is -0.459 e. The first-order valence-corrected chi connectivity index (χ1v) is 10.2. The van der Waals surface area contributed by atoms with E-state index >= 15 is 0 Å². The number of nitrogens with zero attached hydrogens (tertiary/aromatic N) is 2. The number of amides is 1. The molecule has 1 aromatic heterocycles. The van der Waals surface area contributed by atoms with Crippen molar-refractivity contribution in [3.8, 4) is 0 Å². The number of furan rings is 1. The van der Waals surface area contributed by atoms with Crippen molar-refractivity contribution in [3.05, 3.63) is 60.1 Å². The summed E-state index contributed by atoms with van der Waals surface area (Å²) >= 11 is 0. The molecular formula is C22H31N5O2. The molecule has 3 rings (SSSR count). The van der Waals surface area contributed by atoms with E-state index in [0.717, 1.165) is 31.9 Å². The fourth-order valence-electron chi connectivity index (χ4n) is 3.64. The Kier molecular flexibility index (Phi) is 7.69. The number of benzene rings is 1. The highest BCUT2D eigenvalue weighted by molar-refractivity contribution is 5.91. The number of rotatable bonds is 7. The maximum Gasteiger partial charge on any atom is 0.287 e. The summed E-state index contributed by atoms with van der Waals surface area (Å²) in [6, 6.07) is 14.9. The van der Waals surface area contributed by atoms with Crippen LogP contribution in [0.5, 0.6) is 0 Å². The SMILES string of the molecule is CN=C(NCCNC(=O)c1ccco1)NC1CCN(Cc2ccccc2)C(C)C1. The molecule has 2 heterocycles. The Morgan fingerprint density at radius 2 is 1.97 bits per heavy atom. The Morgan fingerprint density at radius 1 is 1.17 bits per heavy atom. The van der Waals surface area contributed by atoms with Gasteiger partial charge in [0.2, 0.25) is 0 Å². The Hall–Kier alpha value is -2.80. The molecule has 7 nitrogen and oxygen atoms in total. The van der Waals surface area contributed by atoms with Crippen LogP contribution < -0.4 is 16.0 Å². The van der Waals surface area contributed by atoms with E-state index < -0.39 is 0 Å². The number of carbonyl (C=O) groups excluding carboxylic acids is 1. The Labute approximate surface area is 172 Å². The molecule has 29 heavy (non-hydrogen) atoms. The largest absolute Gasteiger partial charge is 0.459 e. The van der Waals surface area contributed by atoms with E-state index in [1.165, 1.54) is 11.8 Å². The molecule has 1 aromatic carbocycles. The third-order valence-electron chi connectivity index (χ3n) is 5.25. The third-order valence-corrected chi connectivity index (χ3v) is 5.25. The molecule has 2 aromatic rings. The van der Waals surface area contributed by atoms with Crippen molar-refractivity contribution in [1.82, 2.24) is 20.9 Å². The average Bonchev–Trinajstić information content (AvgIpc) is 3.28. The van der Waals surface area contributed by atoms with Gasteiger partial charge >= 0.3 is 0 Å². The Morgan fingerprint density at radius 3 is 2.66 bits per heavy atom. The summed E-state index contributed by atoms with van der Waals surface area (Å²) in [4.78, 5) is 18.7. The van der Waals surface area contributed by atoms with E-state index in [4.69, 9.17) is 4.42 Å². The standard InChI is InChI=1S/C22H31N5O2/c1-17-15-19(10-13-27(17)16-18-7-4-3-5-8-18)26-22(23-2)25-12-11-24-21(28)20-9-6-14-29-20/h3-9,14,17,19H,10-13,15-16H2,1-2H3,(H,24,28)(H2,23,25,26). The molecule has 7 heteroatoms. The minimum atomic E-state index is -0.209. The van der Waals surface area contributed by atoms with Gasteiger partial charge in [-0.1, -0.05) is 30.3 Å². The zero-order chi connectivity index (χ0) is 20.5. The smallest absolute Gasteiger partial charge is 0.287 e. The van der Waals surface area contributed by atoms with Crippen LogP contribution in [-0.2, 0) is 6.54 Å². The highest BCUT2D eigenvalue weighted by Crippen LogP contribution is 2.19. The highest BCUT2D eigenvalue weighted by atomic mass is 16.3. The lowest BCUT2D eigenvalue weighted by atomic mass is 9.97. The van der Waals surface area contributed by atoms with Crippen molar-refractivity contribution in [3.63, 3.8) is 0 Å². The van der Waals surface area contributed by atoms with Gasteiger partial charge in [-0.05, 0) is 37.5 Å². The van der Waals surface area contributed by atoms with Gasteiger partial charge < -0.3 is 20.4 Å². The summed E-state index contributed by atoms with van der Waals surface area (Å²) in [5.74, 6) is 0.883. The lowest BCUT2D eigenvalue weighted by molar-refractivity contribution is 0.0926. The van der Waals surface area contributed by atoms with Crippen molar-refractivity contribution < 1.29 is 9.21 Å². The van der Waals surface area contributed by atoms with Gasteiger partial charge in [0, 0.05) is 45.3 Å². The molecular weight excluding hydrogens is 366 g/mol. The first-order chi connectivity index (χ1) is 14.2. The molecule has 0 saturated carbocycles. The van der Waals surface area contributed by atoms with Crippen LogP contribution in [0, 0.1) is 0 Å². The molecule has 1 aliphatic rings. The summed E-state index contributed by atoms with van der Waals surface area (Å²) in [5.41, 5.74) is 1.36. The van der Waals surface area contributed by atoms with E-state index in [1.54, 1.807) is 19.2 Å². The van der Waals surface area contributed by atoms with Gasteiger partial charge in [-0.25, -0.2) is 0 Å². The van der Waals surface area contributed by atoms with Gasteiger partial charge in [0.25, 0.3) is 5.91 Å². The number of likely N-dealkylation sites (tertiary alicyclic amines) is 1. The van der Waals surface area contributed by atoms with Crippen LogP contribution in [0.15, 0.2) is 58.1 Å². The molecule has 156 valence electrons. The minimum absolute atomic E-state index is 0.209. The maximum absolute atomic E-state index is 11.9. The zero-order valence-electron chi connectivity index (χ0n) is 17.2. The molecule has 1 saturated heterocycles. The summed E-state index contributed by atoms with van der Waals surface area (Å²) in [6.07, 6.45) is 3.64. The summed E-state index contributed by atoms with van der Waals surface area (Å²) < 4.78 is 5.08. The maximum atomic E-state index is 11.9. The van der Waals surface area contributed by atoms with Gasteiger partial charge in [-0.2, -0.15) is 0 Å². The molecule has 2 atom stereocenters. The molecule has 1 fully saturated rings. The summed E-state index contributed by atoms with van der Waals surface area (Å²) in [6.45, 7) is 5.43. The lowest BCUT2D eigenvalue weighted by Crippen LogP contribution is -2.52. The number of hydrogen-bond acceptors (Lipinski definition) is 4. The van der Waals surface area contributed by atoms with Gasteiger partial charge in [0.05, 0.1) is 6.26 Å². The Balaban J connectivity index is 1.37. The molecule has 3 N–H and O–H groups in total. The van der Waals surface area contributed by atoms with Crippen LogP contribution in [0.1, 0.15) is 35.9 Å². The summed E-state index contributed by atoms with van der Waals surface area (Å²) in [7, 11) is 1.77. The van der Waals surface area contributed by atoms with Crippen LogP contribution >= 0.6 is 0 Å². The molecule has 1 amide bonds. The summed E-state index contributed by atoms with van der Waals surface area (Å²) in [5, 5.41) is 9.60. The Bertz CT molecular complexity index is 776. The first-order valence-electron chi connectivity index (χ1n) is 10.2. The van der Waals surface area contributed by atoms with Gasteiger partial charge in [0.1, 0.15) is 0 Å². The van der Waals surface area contributed by atoms with Gasteiger partial charge in [0.15, 0.2) is 11.7 Å². The van der Waals surface area contributed by atoms with E-state index in [2.05, 4.69) is 63.1 Å². The number of nitrogens with one attached hydrogen (secondary N) is 3. The molecule has 0 spiro atoms. The van der Waals surface area contributed by atoms with Crippen LogP contribution in [0.4, 0.5) is 0 Å². The van der Waals surface area contributed by atoms with Crippen LogP contribution in [0.25, 0.3) is 0 Å². The first kappa shape index (κ1) is 20.9. The van der Waals surface area contributed by atoms with Crippen molar-refractivity contribution in [2.24, 2.45) is 4.99 Å². The van der Waals surface area contributed by atoms with Gasteiger partial charge in [-0.3, -0.25) is 14.7 Å². The van der Waals surface area contributed by atoms with Crippen molar-refractivity contribution in [2.45, 2.75) is 38.4 Å². The number of aliphatic imine (C=N–C) groups is 1. The van der Waals surface area contributed by atoms with Crippen molar-refractivity contribution in [1.29, 1.82) is 0 Å². The molecule has 0 bridgehead atoms. The molecule has 0 aliphatic carbocycles. The van der Waals surface area contributed by atoms with Gasteiger partial charge in [-0.15, -0.1) is 0 Å². The zero-order valence-corrected chi connectivity index (χ0v) is 17.2. The molecule has 1 aliphatic heterocycles. The normalized spacial score (nSPS) is 20.3. The second-order valence-electron chi connectivity index (χ2n) is 7.40. The quantitative estimate of drug-likeness (QED) is 0.379. The average molecular weight is 398 g/mol. The molecule has 2 unspecified atom stereocenters. The topological polar surface area (TPSA) is 81.9 Å². The second kappa shape index (κ2) is 10.7. The monoisotopic (exact) mass is 397 g/mol. The van der Waals surface area contributed by atoms with E-state index in [1.807, 2.05) is 0 Å². The second-order valence-corrected chi connectivity index (χ2v) is 7.40. The number of guanidine groups is 1. The third kappa shape index (κ3) is 6.35. The predicted molar refractivity (Wildman–Crippen MR) is 115 cm³/mol. The van der Waals surface area contributed by atoms with Crippen LogP contribution in [-0.4, -0.2) is 55.5 Å². The molecule has 0 radical (unpaired) electrons. The fraction of sp³-hybridized carbons (Fsp3) is 0.455. The predicted octanol–water partition coefficient (Wildman–Crippen LogP) is 2.23. The van der Waals surface area contributed by atoms with E-state index in [-0.39, 0.29) is 5.91 Å². The van der Waals surface area contributed by atoms with E-state index in [0.29, 0.717) is 30.9 Å². The number of piperidine rings is 1. The van der Waals surface area contributed by atoms with E-state index in [9.17, 15) is 4.79 Å². The number of hydrogen-bond donors (Lipinski definition) is 3. The number of carbonyl (C=O) groups is 1.